The van der Waals surface area contributed by atoms with Gasteiger partial charge >= 0.3 is 0 Å². The normalized spacial score (nSPS) is 33.6. The fraction of sp³-hybridized carbons (Fsp3) is 0.500. The molecule has 3 aliphatic carbocycles. The molecule has 1 N–H and O–H groups in total. The summed E-state index contributed by atoms with van der Waals surface area (Å²) >= 11 is 0. The van der Waals surface area contributed by atoms with Gasteiger partial charge in [-0.25, -0.2) is 0 Å². The van der Waals surface area contributed by atoms with Crippen molar-refractivity contribution in [1.82, 2.24) is 4.90 Å². The van der Waals surface area contributed by atoms with E-state index in [4.69, 9.17) is 0 Å². The summed E-state index contributed by atoms with van der Waals surface area (Å²) in [5, 5.41) is 11.2. The molecule has 2 aromatic carbocycles. The molecule has 0 heterocycles. The van der Waals surface area contributed by atoms with Crippen LogP contribution in [0.15, 0.2) is 48.5 Å². The lowest BCUT2D eigenvalue weighted by Gasteiger charge is -2.59. The van der Waals surface area contributed by atoms with E-state index in [1.807, 2.05) is 0 Å². The van der Waals surface area contributed by atoms with Crippen molar-refractivity contribution < 1.29 is 5.11 Å². The highest BCUT2D eigenvalue weighted by Gasteiger charge is 2.56. The molecule has 3 aliphatic rings. The summed E-state index contributed by atoms with van der Waals surface area (Å²) < 4.78 is 0. The Morgan fingerprint density at radius 2 is 1.19 bits per heavy atom. The van der Waals surface area contributed by atoms with Crippen LogP contribution in [0.3, 0.4) is 0 Å². The van der Waals surface area contributed by atoms with Crippen LogP contribution in [-0.4, -0.2) is 35.7 Å². The van der Waals surface area contributed by atoms with Gasteiger partial charge in [0.25, 0.3) is 0 Å². The lowest BCUT2D eigenvalue weighted by molar-refractivity contribution is -0.0909. The van der Waals surface area contributed by atoms with E-state index in [1.54, 1.807) is 0 Å². The second kappa shape index (κ2) is 6.51. The summed E-state index contributed by atoms with van der Waals surface area (Å²) in [6.07, 6.45) is 2.95. The Balaban J connectivity index is 1.78. The zero-order chi connectivity index (χ0) is 18.5. The van der Waals surface area contributed by atoms with Crippen molar-refractivity contribution in [2.24, 2.45) is 5.92 Å². The Morgan fingerprint density at radius 3 is 1.58 bits per heavy atom. The molecular weight excluding hydrogens is 318 g/mol. The van der Waals surface area contributed by atoms with E-state index in [1.165, 1.54) is 22.3 Å². The van der Waals surface area contributed by atoms with E-state index >= 15 is 0 Å². The molecule has 0 aliphatic heterocycles. The largest absolute Gasteiger partial charge is 0.393 e. The van der Waals surface area contributed by atoms with Gasteiger partial charge in [0.05, 0.1) is 6.10 Å². The first-order valence-electron chi connectivity index (χ1n) is 9.88. The second-order valence-electron chi connectivity index (χ2n) is 8.91. The molecule has 3 saturated carbocycles. The maximum atomic E-state index is 11.2. The number of fused-ring (bicyclic) bond motifs is 3. The number of rotatable bonds is 3. The molecule has 0 unspecified atom stereocenters. The van der Waals surface area contributed by atoms with Gasteiger partial charge in [-0.2, -0.15) is 0 Å². The van der Waals surface area contributed by atoms with Crippen molar-refractivity contribution in [3.05, 3.63) is 70.8 Å². The minimum atomic E-state index is -0.238. The summed E-state index contributed by atoms with van der Waals surface area (Å²) in [4.78, 5) is 2.38. The van der Waals surface area contributed by atoms with Crippen LogP contribution < -0.4 is 0 Å². The van der Waals surface area contributed by atoms with Gasteiger partial charge in [0.15, 0.2) is 0 Å². The number of hydrogen-bond donors (Lipinski definition) is 1. The quantitative estimate of drug-likeness (QED) is 0.872. The standard InChI is InChI=1S/C24H31NO/c1-16-5-9-18(10-6-16)20-13-24(25(3)4)14-21(23(20)22(26)15-24)19-11-7-17(2)8-12-19/h5-12,20-23,26H,13-15H2,1-4H3/t20-,21-,22-,23?,24?/m0/s1. The molecule has 0 aromatic heterocycles. The van der Waals surface area contributed by atoms with Crippen LogP contribution in [0.1, 0.15) is 53.4 Å². The Kier molecular flexibility index (Phi) is 4.45. The maximum absolute atomic E-state index is 11.2. The predicted octanol–water partition coefficient (Wildman–Crippen LogP) is 4.65. The molecule has 3 fully saturated rings. The summed E-state index contributed by atoms with van der Waals surface area (Å²) in [5.74, 6) is 1.14. The van der Waals surface area contributed by atoms with Gasteiger partial charge in [0.1, 0.15) is 0 Å². The first-order valence-corrected chi connectivity index (χ1v) is 9.88. The van der Waals surface area contributed by atoms with E-state index in [9.17, 15) is 5.11 Å². The summed E-state index contributed by atoms with van der Waals surface area (Å²) in [6.45, 7) is 4.28. The van der Waals surface area contributed by atoms with Crippen LogP contribution in [0, 0.1) is 19.8 Å². The first-order chi connectivity index (χ1) is 12.4. The third kappa shape index (κ3) is 2.90. The molecule has 2 aromatic rings. The number of hydrogen-bond acceptors (Lipinski definition) is 2. The number of nitrogens with zero attached hydrogens (tertiary/aromatic N) is 1. The van der Waals surface area contributed by atoms with Gasteiger partial charge in [-0.15, -0.1) is 0 Å². The molecule has 0 radical (unpaired) electrons. The number of aliphatic hydroxyl groups is 1. The van der Waals surface area contributed by atoms with Gasteiger partial charge in [0.2, 0.25) is 0 Å². The van der Waals surface area contributed by atoms with Crippen molar-refractivity contribution in [2.45, 2.75) is 56.6 Å². The van der Waals surface area contributed by atoms with Crippen LogP contribution in [0.4, 0.5) is 0 Å². The highest BCUT2D eigenvalue weighted by atomic mass is 16.3. The maximum Gasteiger partial charge on any atom is 0.0597 e. The highest BCUT2D eigenvalue weighted by Crippen LogP contribution is 2.59. The van der Waals surface area contributed by atoms with E-state index in [2.05, 4.69) is 81.4 Å². The smallest absolute Gasteiger partial charge is 0.0597 e. The van der Waals surface area contributed by atoms with Crippen LogP contribution in [0.25, 0.3) is 0 Å². The molecule has 138 valence electrons. The van der Waals surface area contributed by atoms with Crippen LogP contribution in [-0.2, 0) is 0 Å². The first kappa shape index (κ1) is 17.8. The van der Waals surface area contributed by atoms with Crippen LogP contribution >= 0.6 is 0 Å². The van der Waals surface area contributed by atoms with Gasteiger partial charge in [-0.05, 0) is 76.1 Å². The Hall–Kier alpha value is -1.64. The number of aryl methyl sites for hydroxylation is 2. The molecule has 5 rings (SSSR count). The SMILES string of the molecule is Cc1ccc([C@@H]2CC3(N(C)C)C[C@H](O)C2[C@H](c2ccc(C)cc2)C3)cc1. The van der Waals surface area contributed by atoms with Crippen molar-refractivity contribution in [3.8, 4) is 0 Å². The van der Waals surface area contributed by atoms with Gasteiger partial charge in [-0.3, -0.25) is 0 Å². The Labute approximate surface area is 157 Å². The molecule has 2 nitrogen and oxygen atoms in total. The molecule has 0 saturated heterocycles. The van der Waals surface area contributed by atoms with Crippen molar-refractivity contribution >= 4 is 0 Å². The van der Waals surface area contributed by atoms with Crippen LogP contribution in [0.5, 0.6) is 0 Å². The molecule has 26 heavy (non-hydrogen) atoms. The monoisotopic (exact) mass is 349 g/mol. The molecule has 0 spiro atoms. The minimum absolute atomic E-state index is 0.0826. The molecular formula is C24H31NO. The predicted molar refractivity (Wildman–Crippen MR) is 108 cm³/mol. The molecule has 2 heteroatoms. The third-order valence-corrected chi connectivity index (χ3v) is 7.12. The van der Waals surface area contributed by atoms with E-state index in [-0.39, 0.29) is 11.6 Å². The zero-order valence-corrected chi connectivity index (χ0v) is 16.4. The zero-order valence-electron chi connectivity index (χ0n) is 16.4. The fourth-order valence-electron chi connectivity index (χ4n) is 5.54. The molecule has 2 bridgehead atoms. The molecule has 3 atom stereocenters. The third-order valence-electron chi connectivity index (χ3n) is 7.12. The molecule has 0 amide bonds. The summed E-state index contributed by atoms with van der Waals surface area (Å²) in [6, 6.07) is 18.0. The van der Waals surface area contributed by atoms with Crippen molar-refractivity contribution in [3.63, 3.8) is 0 Å². The number of benzene rings is 2. The van der Waals surface area contributed by atoms with Crippen LogP contribution in [0.2, 0.25) is 0 Å². The average molecular weight is 350 g/mol. The van der Waals surface area contributed by atoms with Gasteiger partial charge in [-0.1, -0.05) is 59.7 Å². The fourth-order valence-corrected chi connectivity index (χ4v) is 5.54. The van der Waals surface area contributed by atoms with Crippen molar-refractivity contribution in [1.29, 1.82) is 0 Å². The number of aliphatic hydroxyl groups excluding tert-OH is 1. The lowest BCUT2D eigenvalue weighted by atomic mass is 9.52. The van der Waals surface area contributed by atoms with Gasteiger partial charge < -0.3 is 10.0 Å². The minimum Gasteiger partial charge on any atom is -0.393 e. The second-order valence-corrected chi connectivity index (χ2v) is 8.91. The highest BCUT2D eigenvalue weighted by molar-refractivity contribution is 5.34. The van der Waals surface area contributed by atoms with Gasteiger partial charge in [0, 0.05) is 5.54 Å². The van der Waals surface area contributed by atoms with Crippen molar-refractivity contribution in [2.75, 3.05) is 14.1 Å². The Bertz CT molecular complexity index is 706. The van der Waals surface area contributed by atoms with E-state index < -0.39 is 0 Å². The lowest BCUT2D eigenvalue weighted by Crippen LogP contribution is -2.60. The topological polar surface area (TPSA) is 23.5 Å². The average Bonchev–Trinajstić information content (AvgIpc) is 2.62. The van der Waals surface area contributed by atoms with E-state index in [0.717, 1.165) is 19.3 Å². The summed E-state index contributed by atoms with van der Waals surface area (Å²) in [5.41, 5.74) is 5.46. The van der Waals surface area contributed by atoms with E-state index in [0.29, 0.717) is 17.8 Å². The Morgan fingerprint density at radius 1 is 0.769 bits per heavy atom. The summed E-state index contributed by atoms with van der Waals surface area (Å²) in [7, 11) is 4.38.